The average molecular weight is 223 g/mol. The van der Waals surface area contributed by atoms with Crippen LogP contribution >= 0.6 is 0 Å². The van der Waals surface area contributed by atoms with E-state index in [2.05, 4.69) is 23.8 Å². The van der Waals surface area contributed by atoms with E-state index in [0.29, 0.717) is 5.88 Å². The summed E-state index contributed by atoms with van der Waals surface area (Å²) < 4.78 is 5.64. The predicted octanol–water partition coefficient (Wildman–Crippen LogP) is 2.80. The highest BCUT2D eigenvalue weighted by molar-refractivity contribution is 5.20. The molecule has 90 valence electrons. The van der Waals surface area contributed by atoms with E-state index in [-0.39, 0.29) is 12.1 Å². The number of hydrogen-bond donors (Lipinski definition) is 1. The second-order valence-corrected chi connectivity index (χ2v) is 4.03. The van der Waals surface area contributed by atoms with Gasteiger partial charge in [-0.3, -0.25) is 0 Å². The highest BCUT2D eigenvalue weighted by Gasteiger charge is 2.05. The third-order valence-corrected chi connectivity index (χ3v) is 2.43. The molecule has 0 amide bonds. The fourth-order valence-corrected chi connectivity index (χ4v) is 1.55. The Morgan fingerprint density at radius 2 is 2.19 bits per heavy atom. The zero-order chi connectivity index (χ0) is 11.8. The van der Waals surface area contributed by atoms with E-state index < -0.39 is 0 Å². The van der Waals surface area contributed by atoms with Crippen molar-refractivity contribution in [2.75, 3.05) is 5.73 Å². The van der Waals surface area contributed by atoms with Gasteiger partial charge in [0, 0.05) is 12.3 Å². The normalized spacial score (nSPS) is 12.4. The number of anilines is 1. The van der Waals surface area contributed by atoms with Crippen LogP contribution in [0.15, 0.2) is 12.3 Å². The first-order valence-corrected chi connectivity index (χ1v) is 5.97. The molecule has 4 nitrogen and oxygen atoms in total. The number of hydrogen-bond acceptors (Lipinski definition) is 4. The summed E-state index contributed by atoms with van der Waals surface area (Å²) in [6, 6.07) is 1.74. The first-order valence-electron chi connectivity index (χ1n) is 5.97. The van der Waals surface area contributed by atoms with Crippen molar-refractivity contribution in [1.82, 2.24) is 9.97 Å². The summed E-state index contributed by atoms with van der Waals surface area (Å²) >= 11 is 0. The van der Waals surface area contributed by atoms with Crippen LogP contribution in [0, 0.1) is 0 Å². The first kappa shape index (κ1) is 12.7. The topological polar surface area (TPSA) is 61.0 Å². The molecule has 0 aliphatic heterocycles. The van der Waals surface area contributed by atoms with Crippen LogP contribution in [-0.4, -0.2) is 16.1 Å². The first-order chi connectivity index (χ1) is 7.72. The number of nitrogens with two attached hydrogens (primary N) is 1. The van der Waals surface area contributed by atoms with Crippen LogP contribution < -0.4 is 10.5 Å². The quantitative estimate of drug-likeness (QED) is 0.722. The summed E-state index contributed by atoms with van der Waals surface area (Å²) in [6.07, 6.45) is 7.90. The summed E-state index contributed by atoms with van der Waals surface area (Å²) in [5, 5.41) is 0. The molecular formula is C12H21N3O. The Morgan fingerprint density at radius 1 is 1.38 bits per heavy atom. The van der Waals surface area contributed by atoms with Gasteiger partial charge in [-0.25, -0.2) is 4.98 Å². The fraction of sp³-hybridized carbons (Fsp3) is 0.667. The van der Waals surface area contributed by atoms with E-state index in [1.165, 1.54) is 25.7 Å². The number of ether oxygens (including phenoxy) is 1. The van der Waals surface area contributed by atoms with Gasteiger partial charge in [0.05, 0.1) is 6.10 Å². The number of nitrogens with zero attached hydrogens (tertiary/aromatic N) is 2. The third kappa shape index (κ3) is 4.96. The Hall–Kier alpha value is -1.32. The Labute approximate surface area is 97.2 Å². The number of aromatic nitrogens is 2. The van der Waals surface area contributed by atoms with E-state index in [0.717, 1.165) is 6.42 Å². The molecule has 1 heterocycles. The average Bonchev–Trinajstić information content (AvgIpc) is 2.24. The zero-order valence-corrected chi connectivity index (χ0v) is 10.1. The van der Waals surface area contributed by atoms with Gasteiger partial charge >= 0.3 is 0 Å². The van der Waals surface area contributed by atoms with Crippen LogP contribution in [0.25, 0.3) is 0 Å². The van der Waals surface area contributed by atoms with Gasteiger partial charge < -0.3 is 10.5 Å². The third-order valence-electron chi connectivity index (χ3n) is 2.43. The molecule has 0 saturated heterocycles. The van der Waals surface area contributed by atoms with Gasteiger partial charge in [0.15, 0.2) is 0 Å². The molecule has 1 rings (SSSR count). The van der Waals surface area contributed by atoms with E-state index >= 15 is 0 Å². The second-order valence-electron chi connectivity index (χ2n) is 4.03. The lowest BCUT2D eigenvalue weighted by Crippen LogP contribution is -2.13. The molecule has 1 aromatic rings. The maximum absolute atomic E-state index is 5.64. The molecule has 0 aliphatic rings. The summed E-state index contributed by atoms with van der Waals surface area (Å²) in [5.74, 6) is 0.825. The van der Waals surface area contributed by atoms with Crippen LogP contribution in [0.2, 0.25) is 0 Å². The highest BCUT2D eigenvalue weighted by atomic mass is 16.5. The minimum absolute atomic E-state index is 0.186. The molecular weight excluding hydrogens is 202 g/mol. The van der Waals surface area contributed by atoms with Crippen molar-refractivity contribution in [3.05, 3.63) is 12.3 Å². The molecule has 0 saturated carbocycles. The second kappa shape index (κ2) is 7.04. The molecule has 0 spiro atoms. The summed E-state index contributed by atoms with van der Waals surface area (Å²) in [7, 11) is 0. The van der Waals surface area contributed by atoms with Crippen LogP contribution in [0.1, 0.15) is 46.0 Å². The van der Waals surface area contributed by atoms with Crippen molar-refractivity contribution in [3.63, 3.8) is 0 Å². The van der Waals surface area contributed by atoms with Gasteiger partial charge in [-0.2, -0.15) is 4.98 Å². The van der Waals surface area contributed by atoms with Crippen molar-refractivity contribution in [3.8, 4) is 5.88 Å². The minimum atomic E-state index is 0.186. The molecule has 1 atom stereocenters. The predicted molar refractivity (Wildman–Crippen MR) is 65.3 cm³/mol. The Bertz CT molecular complexity index is 304. The van der Waals surface area contributed by atoms with Crippen LogP contribution in [0.4, 0.5) is 5.95 Å². The maximum atomic E-state index is 5.64. The van der Waals surface area contributed by atoms with Crippen molar-refractivity contribution in [2.24, 2.45) is 0 Å². The van der Waals surface area contributed by atoms with Gasteiger partial charge in [0.25, 0.3) is 0 Å². The molecule has 0 radical (unpaired) electrons. The number of unbranched alkanes of at least 4 members (excludes halogenated alkanes) is 3. The van der Waals surface area contributed by atoms with Crippen molar-refractivity contribution in [1.29, 1.82) is 0 Å². The Morgan fingerprint density at radius 3 is 2.88 bits per heavy atom. The zero-order valence-electron chi connectivity index (χ0n) is 10.1. The monoisotopic (exact) mass is 223 g/mol. The van der Waals surface area contributed by atoms with Crippen LogP contribution in [0.5, 0.6) is 5.88 Å². The SMILES string of the molecule is CCCCCCC(C)Oc1ccnc(N)n1. The number of rotatable bonds is 7. The molecule has 4 heteroatoms. The standard InChI is InChI=1S/C12H21N3O/c1-3-4-5-6-7-10(2)16-11-8-9-14-12(13)15-11/h8-10H,3-7H2,1-2H3,(H2,13,14,15). The Balaban J connectivity index is 2.25. The summed E-state index contributed by atoms with van der Waals surface area (Å²) in [6.45, 7) is 4.27. The lowest BCUT2D eigenvalue weighted by Gasteiger charge is -2.13. The molecule has 1 aromatic heterocycles. The molecule has 0 aliphatic carbocycles. The summed E-state index contributed by atoms with van der Waals surface area (Å²) in [4.78, 5) is 7.82. The molecule has 2 N–H and O–H groups in total. The van der Waals surface area contributed by atoms with Crippen LogP contribution in [-0.2, 0) is 0 Å². The van der Waals surface area contributed by atoms with Gasteiger partial charge in [0.2, 0.25) is 11.8 Å². The van der Waals surface area contributed by atoms with E-state index in [9.17, 15) is 0 Å². The van der Waals surface area contributed by atoms with Crippen LogP contribution in [0.3, 0.4) is 0 Å². The van der Waals surface area contributed by atoms with Crippen molar-refractivity contribution < 1.29 is 4.74 Å². The highest BCUT2D eigenvalue weighted by Crippen LogP contribution is 2.12. The van der Waals surface area contributed by atoms with Gasteiger partial charge in [-0.05, 0) is 19.8 Å². The van der Waals surface area contributed by atoms with Gasteiger partial charge in [-0.1, -0.05) is 26.2 Å². The minimum Gasteiger partial charge on any atom is -0.475 e. The Kier molecular flexibility index (Phi) is 5.61. The molecule has 1 unspecified atom stereocenters. The van der Waals surface area contributed by atoms with Crippen molar-refractivity contribution >= 4 is 5.95 Å². The molecule has 0 fully saturated rings. The van der Waals surface area contributed by atoms with Crippen molar-refractivity contribution in [2.45, 2.75) is 52.1 Å². The lowest BCUT2D eigenvalue weighted by atomic mass is 10.1. The van der Waals surface area contributed by atoms with E-state index in [4.69, 9.17) is 10.5 Å². The smallest absolute Gasteiger partial charge is 0.223 e. The largest absolute Gasteiger partial charge is 0.475 e. The van der Waals surface area contributed by atoms with E-state index in [1.807, 2.05) is 0 Å². The molecule has 16 heavy (non-hydrogen) atoms. The molecule has 0 bridgehead atoms. The molecule has 0 aromatic carbocycles. The van der Waals surface area contributed by atoms with E-state index in [1.54, 1.807) is 12.3 Å². The van der Waals surface area contributed by atoms with Gasteiger partial charge in [-0.15, -0.1) is 0 Å². The number of nitrogen functional groups attached to an aromatic ring is 1. The lowest BCUT2D eigenvalue weighted by molar-refractivity contribution is 0.198. The summed E-state index contributed by atoms with van der Waals surface area (Å²) in [5.41, 5.74) is 5.47. The maximum Gasteiger partial charge on any atom is 0.223 e. The van der Waals surface area contributed by atoms with Gasteiger partial charge in [0.1, 0.15) is 0 Å². The fourth-order valence-electron chi connectivity index (χ4n) is 1.55.